The lowest BCUT2D eigenvalue weighted by molar-refractivity contribution is -0.113. The number of nitrogens with one attached hydrogen (secondary N) is 1. The Labute approximate surface area is 169 Å². The van der Waals surface area contributed by atoms with Crippen LogP contribution in [0.1, 0.15) is 27.9 Å². The van der Waals surface area contributed by atoms with Gasteiger partial charge in [-0.3, -0.25) is 4.79 Å². The average molecular weight is 396 g/mol. The van der Waals surface area contributed by atoms with Crippen LogP contribution in [-0.2, 0) is 17.9 Å². The highest BCUT2D eigenvalue weighted by Crippen LogP contribution is 2.21. The van der Waals surface area contributed by atoms with Gasteiger partial charge in [-0.1, -0.05) is 59.3 Å². The van der Waals surface area contributed by atoms with E-state index in [0.29, 0.717) is 12.2 Å². The third kappa shape index (κ3) is 5.24. The van der Waals surface area contributed by atoms with Crippen LogP contribution >= 0.6 is 11.8 Å². The maximum absolute atomic E-state index is 12.4. The highest BCUT2D eigenvalue weighted by atomic mass is 32.2. The molecule has 1 amide bonds. The summed E-state index contributed by atoms with van der Waals surface area (Å²) in [6.45, 7) is 6.59. The highest BCUT2D eigenvalue weighted by molar-refractivity contribution is 7.99. The van der Waals surface area contributed by atoms with E-state index in [0.717, 1.165) is 22.0 Å². The highest BCUT2D eigenvalue weighted by Gasteiger charge is 2.12. The Kier molecular flexibility index (Phi) is 6.54. The molecule has 0 aliphatic rings. The maximum Gasteiger partial charge on any atom is 0.234 e. The number of rotatable bonds is 7. The summed E-state index contributed by atoms with van der Waals surface area (Å²) in [5.74, 6) is 0.177. The standard InChI is InChI=1S/C22H25N3O2S/c1-15-4-7-18(8-5-15)11-25-12-19(13-26)23-22(25)28-14-21(27)24-20-9-6-16(2)10-17(20)3/h4-10,12,26H,11,13-14H2,1-3H3,(H,24,27). The van der Waals surface area contributed by atoms with Crippen molar-refractivity contribution in [1.29, 1.82) is 0 Å². The fourth-order valence-electron chi connectivity index (χ4n) is 2.92. The molecule has 0 aliphatic carbocycles. The van der Waals surface area contributed by atoms with E-state index in [1.165, 1.54) is 22.9 Å². The minimum absolute atomic E-state index is 0.0765. The number of benzene rings is 2. The van der Waals surface area contributed by atoms with E-state index < -0.39 is 0 Å². The first-order valence-corrected chi connectivity index (χ1v) is 10.2. The molecule has 1 aromatic heterocycles. The molecule has 3 aromatic rings. The van der Waals surface area contributed by atoms with E-state index in [1.807, 2.05) is 42.8 Å². The SMILES string of the molecule is Cc1ccc(Cn2cc(CO)nc2SCC(=O)Nc2ccc(C)cc2C)cc1. The number of thioether (sulfide) groups is 1. The minimum Gasteiger partial charge on any atom is -0.390 e. The van der Waals surface area contributed by atoms with Crippen LogP contribution in [-0.4, -0.2) is 26.3 Å². The number of imidazole rings is 1. The predicted octanol–water partition coefficient (Wildman–Crippen LogP) is 4.08. The second-order valence-corrected chi connectivity index (χ2v) is 7.88. The third-order valence-corrected chi connectivity index (χ3v) is 5.40. The first kappa shape index (κ1) is 20.2. The molecule has 0 spiro atoms. The van der Waals surface area contributed by atoms with Gasteiger partial charge >= 0.3 is 0 Å². The zero-order valence-corrected chi connectivity index (χ0v) is 17.2. The van der Waals surface area contributed by atoms with Crippen LogP contribution in [0.25, 0.3) is 0 Å². The molecule has 146 valence electrons. The Morgan fingerprint density at radius 3 is 2.50 bits per heavy atom. The van der Waals surface area contributed by atoms with Crippen LogP contribution in [0.15, 0.2) is 53.8 Å². The summed E-state index contributed by atoms with van der Waals surface area (Å²) in [5, 5.41) is 13.1. The van der Waals surface area contributed by atoms with Gasteiger partial charge in [0.2, 0.25) is 5.91 Å². The quantitative estimate of drug-likeness (QED) is 0.592. The largest absolute Gasteiger partial charge is 0.390 e. The predicted molar refractivity (Wildman–Crippen MR) is 114 cm³/mol. The molecule has 0 unspecified atom stereocenters. The number of carbonyl (C=O) groups is 1. The number of carbonyl (C=O) groups excluding carboxylic acids is 1. The van der Waals surface area contributed by atoms with Crippen molar-refractivity contribution in [3.63, 3.8) is 0 Å². The molecule has 0 atom stereocenters. The second kappa shape index (κ2) is 9.08. The number of amides is 1. The van der Waals surface area contributed by atoms with Crippen molar-refractivity contribution in [2.45, 2.75) is 39.1 Å². The van der Waals surface area contributed by atoms with Gasteiger partial charge in [0.1, 0.15) is 0 Å². The van der Waals surface area contributed by atoms with Gasteiger partial charge in [-0.2, -0.15) is 0 Å². The number of hydrogen-bond donors (Lipinski definition) is 2. The Morgan fingerprint density at radius 1 is 1.11 bits per heavy atom. The van der Waals surface area contributed by atoms with Crippen molar-refractivity contribution >= 4 is 23.4 Å². The lowest BCUT2D eigenvalue weighted by Gasteiger charge is -2.10. The van der Waals surface area contributed by atoms with Crippen LogP contribution < -0.4 is 5.32 Å². The van der Waals surface area contributed by atoms with Crippen molar-refractivity contribution in [3.8, 4) is 0 Å². The molecule has 28 heavy (non-hydrogen) atoms. The smallest absolute Gasteiger partial charge is 0.234 e. The van der Waals surface area contributed by atoms with Gasteiger partial charge in [0.15, 0.2) is 5.16 Å². The monoisotopic (exact) mass is 395 g/mol. The number of aliphatic hydroxyl groups is 1. The maximum atomic E-state index is 12.4. The van der Waals surface area contributed by atoms with Crippen molar-refractivity contribution in [2.75, 3.05) is 11.1 Å². The van der Waals surface area contributed by atoms with Gasteiger partial charge in [0.25, 0.3) is 0 Å². The molecule has 5 nitrogen and oxygen atoms in total. The molecule has 0 radical (unpaired) electrons. The fourth-order valence-corrected chi connectivity index (χ4v) is 3.71. The lowest BCUT2D eigenvalue weighted by Crippen LogP contribution is -2.15. The van der Waals surface area contributed by atoms with Gasteiger partial charge in [0.05, 0.1) is 18.1 Å². The Bertz CT molecular complexity index is 964. The number of aliphatic hydroxyl groups excluding tert-OH is 1. The number of nitrogens with zero attached hydrogens (tertiary/aromatic N) is 2. The van der Waals surface area contributed by atoms with Crippen LogP contribution in [0.2, 0.25) is 0 Å². The summed E-state index contributed by atoms with van der Waals surface area (Å²) < 4.78 is 1.98. The molecule has 0 saturated heterocycles. The molecule has 1 heterocycles. The van der Waals surface area contributed by atoms with Crippen molar-refractivity contribution in [1.82, 2.24) is 9.55 Å². The molecule has 0 saturated carbocycles. The number of aryl methyl sites for hydroxylation is 3. The Hall–Kier alpha value is -2.57. The van der Waals surface area contributed by atoms with Gasteiger partial charge in [-0.05, 0) is 38.0 Å². The Morgan fingerprint density at radius 2 is 1.82 bits per heavy atom. The molecule has 0 bridgehead atoms. The Balaban J connectivity index is 1.66. The van der Waals surface area contributed by atoms with Crippen LogP contribution in [0.4, 0.5) is 5.69 Å². The van der Waals surface area contributed by atoms with Crippen LogP contribution in [0.3, 0.4) is 0 Å². The molecule has 2 aromatic carbocycles. The third-order valence-electron chi connectivity index (χ3n) is 4.41. The molecule has 2 N–H and O–H groups in total. The van der Waals surface area contributed by atoms with E-state index in [4.69, 9.17) is 0 Å². The van der Waals surface area contributed by atoms with Crippen molar-refractivity contribution in [2.24, 2.45) is 0 Å². The number of hydrogen-bond acceptors (Lipinski definition) is 4. The van der Waals surface area contributed by atoms with Gasteiger partial charge in [-0.15, -0.1) is 0 Å². The lowest BCUT2D eigenvalue weighted by atomic mass is 10.1. The van der Waals surface area contributed by atoms with Crippen LogP contribution in [0.5, 0.6) is 0 Å². The zero-order chi connectivity index (χ0) is 20.1. The summed E-state index contributed by atoms with van der Waals surface area (Å²) in [5.41, 5.74) is 6.00. The van der Waals surface area contributed by atoms with Gasteiger partial charge in [-0.25, -0.2) is 4.98 Å². The molecule has 0 aliphatic heterocycles. The summed E-state index contributed by atoms with van der Waals surface area (Å²) in [6, 6.07) is 14.3. The fraction of sp³-hybridized carbons (Fsp3) is 0.273. The summed E-state index contributed by atoms with van der Waals surface area (Å²) in [4.78, 5) is 16.8. The van der Waals surface area contributed by atoms with E-state index in [1.54, 1.807) is 0 Å². The molecular formula is C22H25N3O2S. The molecular weight excluding hydrogens is 370 g/mol. The second-order valence-electron chi connectivity index (χ2n) is 6.94. The van der Waals surface area contributed by atoms with Gasteiger partial charge in [0, 0.05) is 18.4 Å². The zero-order valence-electron chi connectivity index (χ0n) is 16.4. The normalized spacial score (nSPS) is 10.9. The van der Waals surface area contributed by atoms with Crippen LogP contribution in [0, 0.1) is 20.8 Å². The number of aromatic nitrogens is 2. The van der Waals surface area contributed by atoms with Crippen molar-refractivity contribution in [3.05, 3.63) is 76.6 Å². The first-order valence-electron chi connectivity index (χ1n) is 9.17. The topological polar surface area (TPSA) is 67.1 Å². The van der Waals surface area contributed by atoms with E-state index in [2.05, 4.69) is 41.5 Å². The molecule has 0 fully saturated rings. The minimum atomic E-state index is -0.122. The summed E-state index contributed by atoms with van der Waals surface area (Å²) in [7, 11) is 0. The summed E-state index contributed by atoms with van der Waals surface area (Å²) >= 11 is 1.37. The first-order chi connectivity index (χ1) is 13.4. The van der Waals surface area contributed by atoms with E-state index >= 15 is 0 Å². The molecule has 6 heteroatoms. The van der Waals surface area contributed by atoms with E-state index in [9.17, 15) is 9.90 Å². The summed E-state index contributed by atoms with van der Waals surface area (Å²) in [6.07, 6.45) is 1.84. The van der Waals surface area contributed by atoms with Gasteiger partial charge < -0.3 is 15.0 Å². The average Bonchev–Trinajstić information content (AvgIpc) is 3.06. The van der Waals surface area contributed by atoms with Crippen molar-refractivity contribution < 1.29 is 9.90 Å². The van der Waals surface area contributed by atoms with E-state index in [-0.39, 0.29) is 18.3 Å². The number of anilines is 1. The molecule has 3 rings (SSSR count).